The molecule has 0 aliphatic carbocycles. The molecule has 1 unspecified atom stereocenters. The Kier molecular flexibility index (Phi) is 4.54. The van der Waals surface area contributed by atoms with E-state index in [9.17, 15) is 5.11 Å². The fraction of sp³-hybridized carbons (Fsp3) is 0.231. The number of anilines is 1. The Balaban J connectivity index is 2.23. The highest BCUT2D eigenvalue weighted by Crippen LogP contribution is 2.25. The van der Waals surface area contributed by atoms with Crippen molar-refractivity contribution in [1.82, 2.24) is 9.97 Å². The monoisotopic (exact) mass is 279 g/mol. The summed E-state index contributed by atoms with van der Waals surface area (Å²) in [5.41, 5.74) is 0.943. The Morgan fingerprint density at radius 3 is 2.74 bits per heavy atom. The summed E-state index contributed by atoms with van der Waals surface area (Å²) < 4.78 is 4.95. The smallest absolute Gasteiger partial charge is 0.318 e. The van der Waals surface area contributed by atoms with E-state index in [4.69, 9.17) is 16.3 Å². The molecule has 0 aliphatic heterocycles. The van der Waals surface area contributed by atoms with Crippen molar-refractivity contribution >= 4 is 17.4 Å². The molecule has 6 heteroatoms. The van der Waals surface area contributed by atoms with E-state index in [0.717, 1.165) is 5.56 Å². The summed E-state index contributed by atoms with van der Waals surface area (Å²) in [5, 5.41) is 12.9. The van der Waals surface area contributed by atoms with Crippen LogP contribution in [0, 0.1) is 0 Å². The molecule has 1 atom stereocenters. The zero-order valence-electron chi connectivity index (χ0n) is 10.4. The maximum absolute atomic E-state index is 9.48. The molecule has 0 radical (unpaired) electrons. The first kappa shape index (κ1) is 13.6. The first-order valence-corrected chi connectivity index (χ1v) is 6.11. The number of aromatic nitrogens is 2. The highest BCUT2D eigenvalue weighted by atomic mass is 35.5. The van der Waals surface area contributed by atoms with E-state index >= 15 is 0 Å². The summed E-state index contributed by atoms with van der Waals surface area (Å²) in [7, 11) is 1.48. The SMILES string of the molecule is COc1ncc(Cl)c(NC(CO)c2ccccc2)n1. The number of rotatable bonds is 5. The van der Waals surface area contributed by atoms with Crippen LogP contribution in [-0.2, 0) is 0 Å². The molecular formula is C13H14ClN3O2. The van der Waals surface area contributed by atoms with Crippen molar-refractivity contribution in [3.63, 3.8) is 0 Å². The van der Waals surface area contributed by atoms with Gasteiger partial charge in [0.1, 0.15) is 5.02 Å². The Morgan fingerprint density at radius 2 is 2.11 bits per heavy atom. The molecular weight excluding hydrogens is 266 g/mol. The van der Waals surface area contributed by atoms with Crippen LogP contribution in [0.5, 0.6) is 6.01 Å². The molecule has 2 rings (SSSR count). The largest absolute Gasteiger partial charge is 0.467 e. The van der Waals surface area contributed by atoms with Gasteiger partial charge in [0.25, 0.3) is 0 Å². The van der Waals surface area contributed by atoms with Crippen LogP contribution in [0.2, 0.25) is 5.02 Å². The van der Waals surface area contributed by atoms with Crippen molar-refractivity contribution in [3.8, 4) is 6.01 Å². The van der Waals surface area contributed by atoms with E-state index in [1.165, 1.54) is 13.3 Å². The lowest BCUT2D eigenvalue weighted by molar-refractivity contribution is 0.276. The summed E-state index contributed by atoms with van der Waals surface area (Å²) in [6.07, 6.45) is 1.45. The van der Waals surface area contributed by atoms with Crippen LogP contribution in [-0.4, -0.2) is 28.8 Å². The number of methoxy groups -OCH3 is 1. The zero-order valence-corrected chi connectivity index (χ0v) is 11.1. The first-order valence-electron chi connectivity index (χ1n) is 5.73. The summed E-state index contributed by atoms with van der Waals surface area (Å²) in [6, 6.07) is 9.48. The third-order valence-electron chi connectivity index (χ3n) is 2.60. The van der Waals surface area contributed by atoms with Crippen LogP contribution in [0.1, 0.15) is 11.6 Å². The molecule has 5 nitrogen and oxygen atoms in total. The molecule has 2 aromatic rings. The van der Waals surface area contributed by atoms with E-state index in [0.29, 0.717) is 10.8 Å². The molecule has 100 valence electrons. The average Bonchev–Trinajstić information content (AvgIpc) is 2.47. The molecule has 1 heterocycles. The quantitative estimate of drug-likeness (QED) is 0.879. The van der Waals surface area contributed by atoms with Crippen molar-refractivity contribution in [3.05, 3.63) is 47.1 Å². The molecule has 0 amide bonds. The Labute approximate surface area is 116 Å². The first-order chi connectivity index (χ1) is 9.24. The summed E-state index contributed by atoms with van der Waals surface area (Å²) in [4.78, 5) is 8.01. The van der Waals surface area contributed by atoms with Crippen molar-refractivity contribution in [2.45, 2.75) is 6.04 Å². The maximum Gasteiger partial charge on any atom is 0.318 e. The molecule has 2 N–H and O–H groups in total. The Morgan fingerprint density at radius 1 is 1.37 bits per heavy atom. The Bertz CT molecular complexity index is 537. The van der Waals surface area contributed by atoms with Gasteiger partial charge < -0.3 is 15.2 Å². The molecule has 0 saturated carbocycles. The Hall–Kier alpha value is -1.85. The van der Waals surface area contributed by atoms with Gasteiger partial charge in [-0.05, 0) is 5.56 Å². The summed E-state index contributed by atoms with van der Waals surface area (Å²) in [6.45, 7) is -0.0767. The molecule has 0 saturated heterocycles. The molecule has 0 bridgehead atoms. The van der Waals surface area contributed by atoms with E-state index < -0.39 is 0 Å². The normalized spacial score (nSPS) is 11.9. The number of hydrogen-bond donors (Lipinski definition) is 2. The van der Waals surface area contributed by atoms with E-state index in [2.05, 4.69) is 15.3 Å². The van der Waals surface area contributed by atoms with Gasteiger partial charge in [0.15, 0.2) is 5.82 Å². The topological polar surface area (TPSA) is 67.3 Å². The minimum absolute atomic E-state index is 0.0767. The van der Waals surface area contributed by atoms with Crippen LogP contribution in [0.15, 0.2) is 36.5 Å². The maximum atomic E-state index is 9.48. The minimum Gasteiger partial charge on any atom is -0.467 e. The lowest BCUT2D eigenvalue weighted by Gasteiger charge is -2.18. The third kappa shape index (κ3) is 3.33. The number of nitrogens with zero attached hydrogens (tertiary/aromatic N) is 2. The van der Waals surface area contributed by atoms with Crippen molar-refractivity contribution in [1.29, 1.82) is 0 Å². The molecule has 1 aromatic carbocycles. The van der Waals surface area contributed by atoms with E-state index in [1.807, 2.05) is 30.3 Å². The second kappa shape index (κ2) is 6.36. The van der Waals surface area contributed by atoms with Gasteiger partial charge in [-0.15, -0.1) is 0 Å². The van der Waals surface area contributed by atoms with Gasteiger partial charge in [-0.25, -0.2) is 4.98 Å². The standard InChI is InChI=1S/C13H14ClN3O2/c1-19-13-15-7-10(14)12(17-13)16-11(8-18)9-5-3-2-4-6-9/h2-7,11,18H,8H2,1H3,(H,15,16,17). The predicted octanol–water partition coefficient (Wildman–Crippen LogP) is 2.28. The van der Waals surface area contributed by atoms with E-state index in [-0.39, 0.29) is 18.7 Å². The second-order valence-corrected chi connectivity index (χ2v) is 4.25. The highest BCUT2D eigenvalue weighted by Gasteiger charge is 2.13. The number of benzene rings is 1. The lowest BCUT2D eigenvalue weighted by Crippen LogP contribution is -2.16. The molecule has 19 heavy (non-hydrogen) atoms. The van der Waals surface area contributed by atoms with Gasteiger partial charge in [0.2, 0.25) is 0 Å². The summed E-state index contributed by atoms with van der Waals surface area (Å²) in [5.74, 6) is 0.427. The number of aliphatic hydroxyl groups is 1. The third-order valence-corrected chi connectivity index (χ3v) is 2.88. The van der Waals surface area contributed by atoms with Crippen LogP contribution < -0.4 is 10.1 Å². The van der Waals surface area contributed by atoms with Gasteiger partial charge >= 0.3 is 6.01 Å². The predicted molar refractivity (Wildman–Crippen MR) is 73.5 cm³/mol. The van der Waals surface area contributed by atoms with Gasteiger partial charge in [-0.2, -0.15) is 4.98 Å². The summed E-state index contributed by atoms with van der Waals surface area (Å²) >= 11 is 6.02. The fourth-order valence-corrected chi connectivity index (χ4v) is 1.78. The molecule has 1 aromatic heterocycles. The zero-order chi connectivity index (χ0) is 13.7. The number of nitrogens with one attached hydrogen (secondary N) is 1. The van der Waals surface area contributed by atoms with Gasteiger partial charge in [0.05, 0.1) is 26.0 Å². The van der Waals surface area contributed by atoms with Crippen molar-refractivity contribution in [2.75, 3.05) is 19.0 Å². The van der Waals surface area contributed by atoms with Gasteiger partial charge in [-0.3, -0.25) is 0 Å². The number of ether oxygens (including phenoxy) is 1. The molecule has 0 aliphatic rings. The van der Waals surface area contributed by atoms with Crippen molar-refractivity contribution in [2.24, 2.45) is 0 Å². The van der Waals surface area contributed by atoms with Gasteiger partial charge in [0, 0.05) is 0 Å². The van der Waals surface area contributed by atoms with Crippen LogP contribution in [0.3, 0.4) is 0 Å². The van der Waals surface area contributed by atoms with Gasteiger partial charge in [-0.1, -0.05) is 41.9 Å². The number of halogens is 1. The number of hydrogen-bond acceptors (Lipinski definition) is 5. The number of aliphatic hydroxyl groups excluding tert-OH is 1. The van der Waals surface area contributed by atoms with Crippen molar-refractivity contribution < 1.29 is 9.84 Å². The second-order valence-electron chi connectivity index (χ2n) is 3.84. The minimum atomic E-state index is -0.293. The molecule has 0 fully saturated rings. The average molecular weight is 280 g/mol. The highest BCUT2D eigenvalue weighted by molar-refractivity contribution is 6.32. The molecule has 0 spiro atoms. The van der Waals surface area contributed by atoms with Crippen LogP contribution in [0.25, 0.3) is 0 Å². The van der Waals surface area contributed by atoms with Crippen LogP contribution in [0.4, 0.5) is 5.82 Å². The van der Waals surface area contributed by atoms with Crippen LogP contribution >= 0.6 is 11.6 Å². The van der Waals surface area contributed by atoms with E-state index in [1.54, 1.807) is 0 Å². The fourth-order valence-electron chi connectivity index (χ4n) is 1.64. The lowest BCUT2D eigenvalue weighted by atomic mass is 10.1.